The molecule has 5 N–H and O–H groups in total. The molecule has 1 unspecified atom stereocenters. The fraction of sp³-hybridized carbons (Fsp3) is 0.500. The Balaban J connectivity index is 3.95. The molecule has 1 atom stereocenters. The Morgan fingerprint density at radius 3 is 2.64 bits per heavy atom. The van der Waals surface area contributed by atoms with Crippen LogP contribution in [0.4, 0.5) is 0 Å². The van der Waals surface area contributed by atoms with E-state index >= 15 is 0 Å². The van der Waals surface area contributed by atoms with Gasteiger partial charge in [0, 0.05) is 34.6 Å². The van der Waals surface area contributed by atoms with Crippen molar-refractivity contribution in [3.63, 3.8) is 0 Å². The quantitative estimate of drug-likeness (QED) is 0.462. The van der Waals surface area contributed by atoms with Crippen LogP contribution in [0.2, 0.25) is 0 Å². The SMILES string of the molecule is CS(=O)CCC/C(N)=C/C(=[NH2+])C(=O)O. The maximum Gasteiger partial charge on any atom is 0.400 e. The van der Waals surface area contributed by atoms with Crippen LogP contribution in [0.1, 0.15) is 12.8 Å². The number of aliphatic carboxylic acids is 1. The van der Waals surface area contributed by atoms with Gasteiger partial charge in [-0.25, -0.2) is 10.2 Å². The first-order valence-electron chi connectivity index (χ1n) is 4.05. The minimum absolute atomic E-state index is 0.278. The molecule has 0 amide bonds. The third kappa shape index (κ3) is 6.36. The molecule has 5 nitrogen and oxygen atoms in total. The Bertz CT molecular complexity index is 286. The van der Waals surface area contributed by atoms with Gasteiger partial charge in [-0.2, -0.15) is 0 Å². The summed E-state index contributed by atoms with van der Waals surface area (Å²) in [7, 11) is -0.841. The Kier molecular flexibility index (Phi) is 5.78. The van der Waals surface area contributed by atoms with E-state index in [1.807, 2.05) is 0 Å². The monoisotopic (exact) mass is 219 g/mol. The molecule has 0 saturated heterocycles. The highest BCUT2D eigenvalue weighted by atomic mass is 32.2. The summed E-state index contributed by atoms with van der Waals surface area (Å²) in [4.78, 5) is 10.3. The van der Waals surface area contributed by atoms with E-state index in [-0.39, 0.29) is 5.71 Å². The van der Waals surface area contributed by atoms with Gasteiger partial charge >= 0.3 is 5.97 Å². The summed E-state index contributed by atoms with van der Waals surface area (Å²) < 4.78 is 10.7. The smallest absolute Gasteiger partial charge is 0.400 e. The van der Waals surface area contributed by atoms with E-state index in [2.05, 4.69) is 0 Å². The molecule has 0 aliphatic rings. The predicted molar refractivity (Wildman–Crippen MR) is 55.0 cm³/mol. The zero-order chi connectivity index (χ0) is 11.1. The number of nitrogens with two attached hydrogens (primary N) is 2. The van der Waals surface area contributed by atoms with Crippen molar-refractivity contribution < 1.29 is 19.5 Å². The highest BCUT2D eigenvalue weighted by Gasteiger charge is 2.09. The summed E-state index contributed by atoms with van der Waals surface area (Å²) in [5.74, 6) is -0.631. The molecule has 80 valence electrons. The average Bonchev–Trinajstić information content (AvgIpc) is 2.02. The zero-order valence-corrected chi connectivity index (χ0v) is 8.84. The lowest BCUT2D eigenvalue weighted by molar-refractivity contribution is -0.146. The van der Waals surface area contributed by atoms with Crippen LogP contribution in [-0.2, 0) is 15.6 Å². The Morgan fingerprint density at radius 1 is 1.64 bits per heavy atom. The zero-order valence-electron chi connectivity index (χ0n) is 8.03. The molecule has 0 aliphatic carbocycles. The number of carboxylic acid groups (broad SMARTS) is 1. The minimum Gasteiger partial charge on any atom is -0.473 e. The second-order valence-corrected chi connectivity index (χ2v) is 4.42. The predicted octanol–water partition coefficient (Wildman–Crippen LogP) is -1.73. The molecular formula is C8H15N2O3S+. The highest BCUT2D eigenvalue weighted by molar-refractivity contribution is 7.84. The van der Waals surface area contributed by atoms with Crippen LogP contribution in [0.25, 0.3) is 0 Å². The maximum absolute atomic E-state index is 10.7. The van der Waals surface area contributed by atoms with Crippen molar-refractivity contribution in [1.82, 2.24) is 0 Å². The van der Waals surface area contributed by atoms with Gasteiger partial charge in [-0.05, 0) is 12.8 Å². The molecule has 0 aromatic carbocycles. The van der Waals surface area contributed by atoms with Gasteiger partial charge in [-0.15, -0.1) is 0 Å². The van der Waals surface area contributed by atoms with Gasteiger partial charge in [-0.1, -0.05) is 0 Å². The van der Waals surface area contributed by atoms with Crippen molar-refractivity contribution in [1.29, 1.82) is 0 Å². The lowest BCUT2D eigenvalue weighted by Gasteiger charge is -1.98. The third-order valence-electron chi connectivity index (χ3n) is 1.49. The standard InChI is InChI=1S/C8H14N2O3S/c1-14(13)4-2-3-6(9)5-7(10)8(11)12/h5,10H,2-4,9H2,1H3,(H,11,12)/p+1/b6-5-,10-7?. The Labute approximate surface area is 85.0 Å². The molecule has 0 fully saturated rings. The lowest BCUT2D eigenvalue weighted by Crippen LogP contribution is -2.43. The van der Waals surface area contributed by atoms with Gasteiger partial charge in [0.1, 0.15) is 0 Å². The van der Waals surface area contributed by atoms with E-state index < -0.39 is 16.8 Å². The van der Waals surface area contributed by atoms with E-state index in [9.17, 15) is 9.00 Å². The normalized spacial score (nSPS) is 13.6. The summed E-state index contributed by atoms with van der Waals surface area (Å²) in [6.07, 6.45) is 4.00. The number of carboxylic acids is 1. The van der Waals surface area contributed by atoms with E-state index in [4.69, 9.17) is 16.2 Å². The first-order valence-corrected chi connectivity index (χ1v) is 5.78. The number of allylic oxidation sites excluding steroid dienone is 1. The molecule has 0 spiro atoms. The summed E-state index contributed by atoms with van der Waals surface area (Å²) >= 11 is 0. The molecule has 6 heteroatoms. The molecule has 0 heterocycles. The summed E-state index contributed by atoms with van der Waals surface area (Å²) in [5.41, 5.74) is 5.62. The van der Waals surface area contributed by atoms with Crippen LogP contribution < -0.4 is 11.1 Å². The molecule has 0 aliphatic heterocycles. The van der Waals surface area contributed by atoms with Gasteiger partial charge in [0.25, 0.3) is 5.71 Å². The second-order valence-electron chi connectivity index (χ2n) is 2.86. The average molecular weight is 219 g/mol. The molecular weight excluding hydrogens is 204 g/mol. The fourth-order valence-corrected chi connectivity index (χ4v) is 1.36. The molecule has 14 heavy (non-hydrogen) atoms. The van der Waals surface area contributed by atoms with Crippen molar-refractivity contribution in [3.05, 3.63) is 11.8 Å². The van der Waals surface area contributed by atoms with Crippen LogP contribution in [0, 0.1) is 0 Å². The molecule has 0 rings (SSSR count). The first-order chi connectivity index (χ1) is 6.43. The topological polar surface area (TPSA) is 106 Å². The number of carbonyl (C=O) groups is 1. The second kappa shape index (κ2) is 6.31. The van der Waals surface area contributed by atoms with Crippen molar-refractivity contribution in [2.75, 3.05) is 12.0 Å². The van der Waals surface area contributed by atoms with E-state index in [0.717, 1.165) is 0 Å². The Hall–Kier alpha value is -1.17. The number of hydrogen-bond donors (Lipinski definition) is 3. The van der Waals surface area contributed by atoms with Crippen LogP contribution in [0.5, 0.6) is 0 Å². The summed E-state index contributed by atoms with van der Waals surface area (Å²) in [6, 6.07) is 0. The van der Waals surface area contributed by atoms with Gasteiger partial charge in [0.15, 0.2) is 0 Å². The van der Waals surface area contributed by atoms with Gasteiger partial charge in [-0.3, -0.25) is 4.21 Å². The van der Waals surface area contributed by atoms with Crippen LogP contribution in [0.15, 0.2) is 11.8 Å². The minimum atomic E-state index is -1.19. The van der Waals surface area contributed by atoms with Crippen molar-refractivity contribution >= 4 is 22.5 Å². The highest BCUT2D eigenvalue weighted by Crippen LogP contribution is 1.98. The van der Waals surface area contributed by atoms with Gasteiger partial charge in [0.2, 0.25) is 0 Å². The molecule has 0 bridgehead atoms. The fourth-order valence-electron chi connectivity index (χ4n) is 0.813. The maximum atomic E-state index is 10.7. The van der Waals surface area contributed by atoms with Crippen LogP contribution in [0.3, 0.4) is 0 Å². The molecule has 0 saturated carbocycles. The molecule has 0 aromatic heterocycles. The summed E-state index contributed by atoms with van der Waals surface area (Å²) in [5, 5.41) is 13.6. The van der Waals surface area contributed by atoms with Gasteiger partial charge < -0.3 is 10.8 Å². The van der Waals surface area contributed by atoms with Gasteiger partial charge in [0.05, 0.1) is 0 Å². The van der Waals surface area contributed by atoms with Crippen molar-refractivity contribution in [2.24, 2.45) is 5.73 Å². The van der Waals surface area contributed by atoms with Crippen molar-refractivity contribution in [3.8, 4) is 0 Å². The number of rotatable bonds is 6. The summed E-state index contributed by atoms with van der Waals surface area (Å²) in [6.45, 7) is 0. The van der Waals surface area contributed by atoms with E-state index in [1.54, 1.807) is 6.26 Å². The number of hydrogen-bond acceptors (Lipinski definition) is 3. The Morgan fingerprint density at radius 2 is 2.21 bits per heavy atom. The lowest BCUT2D eigenvalue weighted by atomic mass is 10.2. The molecule has 0 radical (unpaired) electrons. The molecule has 0 aromatic rings. The van der Waals surface area contributed by atoms with Crippen LogP contribution in [-0.4, -0.2) is 33.0 Å². The first kappa shape index (κ1) is 12.8. The third-order valence-corrected chi connectivity index (χ3v) is 2.35. The van der Waals surface area contributed by atoms with E-state index in [1.165, 1.54) is 6.08 Å². The van der Waals surface area contributed by atoms with Crippen LogP contribution >= 0.6 is 0 Å². The largest absolute Gasteiger partial charge is 0.473 e. The van der Waals surface area contributed by atoms with Crippen molar-refractivity contribution in [2.45, 2.75) is 12.8 Å². The van der Waals surface area contributed by atoms with E-state index in [0.29, 0.717) is 24.3 Å².